The van der Waals surface area contributed by atoms with Crippen LogP contribution in [0.15, 0.2) is 27.5 Å². The van der Waals surface area contributed by atoms with Crippen molar-refractivity contribution in [2.24, 2.45) is 0 Å². The van der Waals surface area contributed by atoms with Gasteiger partial charge >= 0.3 is 0 Å². The summed E-state index contributed by atoms with van der Waals surface area (Å²) in [7, 11) is 0. The Morgan fingerprint density at radius 2 is 2.05 bits per heavy atom. The molecule has 0 bridgehead atoms. The van der Waals surface area contributed by atoms with Gasteiger partial charge in [0.25, 0.3) is 5.89 Å². The first kappa shape index (κ1) is 11.5. The van der Waals surface area contributed by atoms with Crippen LogP contribution in [0.4, 0.5) is 0 Å². The maximum Gasteiger partial charge on any atom is 0.259 e. The zero-order chi connectivity index (χ0) is 13.2. The summed E-state index contributed by atoms with van der Waals surface area (Å²) in [6, 6.07) is 1.76. The van der Waals surface area contributed by atoms with Crippen LogP contribution in [-0.4, -0.2) is 25.5 Å². The van der Waals surface area contributed by atoms with E-state index in [-0.39, 0.29) is 0 Å². The Kier molecular flexibility index (Phi) is 2.79. The Morgan fingerprint density at radius 3 is 2.79 bits per heavy atom. The normalized spacial score (nSPS) is 10.8. The van der Waals surface area contributed by atoms with E-state index in [1.165, 1.54) is 0 Å². The molecule has 0 N–H and O–H groups in total. The van der Waals surface area contributed by atoms with Gasteiger partial charge in [0, 0.05) is 0 Å². The fraction of sp³-hybridized carbons (Fsp3) is 0.250. The second-order valence-electron chi connectivity index (χ2n) is 3.97. The molecule has 0 aliphatic rings. The number of hydrogen-bond donors (Lipinski definition) is 0. The van der Waals surface area contributed by atoms with Gasteiger partial charge < -0.3 is 9.05 Å². The summed E-state index contributed by atoms with van der Waals surface area (Å²) < 4.78 is 10.4. The third-order valence-electron chi connectivity index (χ3n) is 2.75. The Hall–Kier alpha value is -2.57. The van der Waals surface area contributed by atoms with Crippen molar-refractivity contribution in [2.75, 3.05) is 0 Å². The lowest BCUT2D eigenvalue weighted by Crippen LogP contribution is -1.88. The van der Waals surface area contributed by atoms with Gasteiger partial charge in [-0.05, 0) is 19.4 Å². The molecule has 0 atom stereocenters. The predicted molar refractivity (Wildman–Crippen MR) is 64.9 cm³/mol. The highest BCUT2D eigenvalue weighted by Crippen LogP contribution is 2.27. The average molecular weight is 257 g/mol. The van der Waals surface area contributed by atoms with Gasteiger partial charge in [0.05, 0.1) is 29.2 Å². The molecule has 0 spiro atoms. The lowest BCUT2D eigenvalue weighted by molar-refractivity contribution is 0.391. The maximum atomic E-state index is 5.23. The minimum Gasteiger partial charge on any atom is -0.361 e. The highest BCUT2D eigenvalue weighted by atomic mass is 16.5. The smallest absolute Gasteiger partial charge is 0.259 e. The minimum absolute atomic E-state index is 0.396. The van der Waals surface area contributed by atoms with Gasteiger partial charge in [-0.1, -0.05) is 17.2 Å². The largest absolute Gasteiger partial charge is 0.361 e. The van der Waals surface area contributed by atoms with Gasteiger partial charge in [-0.25, -0.2) is 0 Å². The fourth-order valence-corrected chi connectivity index (χ4v) is 1.81. The van der Waals surface area contributed by atoms with Gasteiger partial charge in [-0.15, -0.1) is 0 Å². The van der Waals surface area contributed by atoms with Crippen LogP contribution in [0, 0.1) is 6.92 Å². The van der Waals surface area contributed by atoms with Gasteiger partial charge in [0.15, 0.2) is 0 Å². The van der Waals surface area contributed by atoms with E-state index in [9.17, 15) is 0 Å². The molecule has 3 heterocycles. The Labute approximate surface area is 108 Å². The monoisotopic (exact) mass is 257 g/mol. The molecule has 96 valence electrons. The van der Waals surface area contributed by atoms with Gasteiger partial charge in [0.1, 0.15) is 5.76 Å². The summed E-state index contributed by atoms with van der Waals surface area (Å²) in [5.41, 5.74) is 2.33. The van der Waals surface area contributed by atoms with E-state index < -0.39 is 0 Å². The van der Waals surface area contributed by atoms with Crippen LogP contribution in [-0.2, 0) is 6.42 Å². The van der Waals surface area contributed by atoms with Crippen LogP contribution in [0.5, 0.6) is 0 Å². The summed E-state index contributed by atoms with van der Waals surface area (Å²) >= 11 is 0. The first-order valence-corrected chi connectivity index (χ1v) is 5.86. The standard InChI is InChI=1S/C12H11N5O2/c1-3-9-10(7(2)18-16-9)11-15-12(19-17-11)8-4-5-13-14-6-8/h4-6H,3H2,1-2H3. The molecule has 0 aliphatic heterocycles. The molecular formula is C12H11N5O2. The molecule has 0 saturated carbocycles. The lowest BCUT2D eigenvalue weighted by Gasteiger charge is -1.92. The van der Waals surface area contributed by atoms with Crippen molar-refractivity contribution in [2.45, 2.75) is 20.3 Å². The topological polar surface area (TPSA) is 90.7 Å². The van der Waals surface area contributed by atoms with E-state index >= 15 is 0 Å². The Morgan fingerprint density at radius 1 is 1.16 bits per heavy atom. The molecule has 0 aliphatic carbocycles. The number of nitrogens with zero attached hydrogens (tertiary/aromatic N) is 5. The Bertz CT molecular complexity index is 689. The highest BCUT2D eigenvalue weighted by molar-refractivity contribution is 5.62. The molecular weight excluding hydrogens is 246 g/mol. The number of rotatable bonds is 3. The molecule has 3 aromatic heterocycles. The van der Waals surface area contributed by atoms with Crippen molar-refractivity contribution < 1.29 is 9.05 Å². The van der Waals surface area contributed by atoms with Crippen molar-refractivity contribution >= 4 is 0 Å². The highest BCUT2D eigenvalue weighted by Gasteiger charge is 2.19. The van der Waals surface area contributed by atoms with Gasteiger partial charge in [-0.2, -0.15) is 15.2 Å². The van der Waals surface area contributed by atoms with E-state index in [0.29, 0.717) is 17.5 Å². The minimum atomic E-state index is 0.396. The third kappa shape index (κ3) is 1.99. The second-order valence-corrected chi connectivity index (χ2v) is 3.97. The Balaban J connectivity index is 2.04. The summed E-state index contributed by atoms with van der Waals surface area (Å²) in [4.78, 5) is 4.35. The average Bonchev–Trinajstić information content (AvgIpc) is 3.05. The molecule has 3 rings (SSSR count). The van der Waals surface area contributed by atoms with Crippen LogP contribution in [0.1, 0.15) is 18.4 Å². The van der Waals surface area contributed by atoms with Crippen LogP contribution < -0.4 is 0 Å². The predicted octanol–water partition coefficient (Wildman–Crippen LogP) is 2.05. The molecule has 0 saturated heterocycles. The summed E-state index contributed by atoms with van der Waals surface area (Å²) in [5.74, 6) is 1.55. The first-order chi connectivity index (χ1) is 9.29. The first-order valence-electron chi connectivity index (χ1n) is 5.86. The lowest BCUT2D eigenvalue weighted by atomic mass is 10.1. The third-order valence-corrected chi connectivity index (χ3v) is 2.75. The molecule has 7 nitrogen and oxygen atoms in total. The zero-order valence-corrected chi connectivity index (χ0v) is 10.5. The van der Waals surface area contributed by atoms with E-state index in [1.54, 1.807) is 18.5 Å². The van der Waals surface area contributed by atoms with Crippen molar-refractivity contribution in [1.82, 2.24) is 25.5 Å². The molecule has 7 heteroatoms. The molecule has 0 fully saturated rings. The van der Waals surface area contributed by atoms with Crippen molar-refractivity contribution in [3.05, 3.63) is 29.9 Å². The second kappa shape index (κ2) is 4.60. The summed E-state index contributed by atoms with van der Waals surface area (Å²) in [6.07, 6.45) is 3.88. The van der Waals surface area contributed by atoms with Crippen LogP contribution in [0.2, 0.25) is 0 Å². The van der Waals surface area contributed by atoms with E-state index in [0.717, 1.165) is 23.2 Å². The fourth-order valence-electron chi connectivity index (χ4n) is 1.81. The summed E-state index contributed by atoms with van der Waals surface area (Å²) in [6.45, 7) is 3.82. The van der Waals surface area contributed by atoms with Crippen LogP contribution >= 0.6 is 0 Å². The molecule has 0 unspecified atom stereocenters. The van der Waals surface area contributed by atoms with Crippen molar-refractivity contribution in [3.63, 3.8) is 0 Å². The van der Waals surface area contributed by atoms with E-state index in [4.69, 9.17) is 9.05 Å². The number of aryl methyl sites for hydroxylation is 2. The molecule has 19 heavy (non-hydrogen) atoms. The van der Waals surface area contributed by atoms with Crippen molar-refractivity contribution in [3.8, 4) is 22.8 Å². The van der Waals surface area contributed by atoms with Crippen LogP contribution in [0.25, 0.3) is 22.8 Å². The van der Waals surface area contributed by atoms with E-state index in [2.05, 4.69) is 25.5 Å². The molecule has 3 aromatic rings. The zero-order valence-electron chi connectivity index (χ0n) is 10.5. The van der Waals surface area contributed by atoms with Gasteiger partial charge in [-0.3, -0.25) is 0 Å². The molecule has 0 amide bonds. The maximum absolute atomic E-state index is 5.23. The number of hydrogen-bond acceptors (Lipinski definition) is 7. The molecule has 0 aromatic carbocycles. The molecule has 0 radical (unpaired) electrons. The summed E-state index contributed by atoms with van der Waals surface area (Å²) in [5, 5.41) is 15.4. The van der Waals surface area contributed by atoms with E-state index in [1.807, 2.05) is 13.8 Å². The van der Waals surface area contributed by atoms with Gasteiger partial charge in [0.2, 0.25) is 5.82 Å². The SMILES string of the molecule is CCc1noc(C)c1-c1noc(-c2ccnnc2)n1. The van der Waals surface area contributed by atoms with Crippen molar-refractivity contribution in [1.29, 1.82) is 0 Å². The van der Waals surface area contributed by atoms with Crippen LogP contribution in [0.3, 0.4) is 0 Å². The number of aromatic nitrogens is 5. The quantitative estimate of drug-likeness (QED) is 0.709.